The number of pyridine rings is 1. The highest BCUT2D eigenvalue weighted by molar-refractivity contribution is 14.1. The molecule has 0 aromatic carbocycles. The third-order valence-electron chi connectivity index (χ3n) is 1.59. The van der Waals surface area contributed by atoms with Gasteiger partial charge in [-0.3, -0.25) is 0 Å². The van der Waals surface area contributed by atoms with Crippen LogP contribution in [0.1, 0.15) is 12.0 Å². The predicted octanol–water partition coefficient (Wildman–Crippen LogP) is 3.43. The zero-order valence-electron chi connectivity index (χ0n) is 8.04. The number of nitro groups is 1. The molecule has 5 nitrogen and oxygen atoms in total. The summed E-state index contributed by atoms with van der Waals surface area (Å²) in [7, 11) is 0. The average molecular weight is 384 g/mol. The summed E-state index contributed by atoms with van der Waals surface area (Å²) >= 11 is 1.14. The number of ether oxygens (including phenoxy) is 1. The van der Waals surface area contributed by atoms with Gasteiger partial charge in [-0.2, -0.15) is 0 Å². The van der Waals surface area contributed by atoms with Gasteiger partial charge in [0.05, 0.1) is 5.56 Å². The van der Waals surface area contributed by atoms with Gasteiger partial charge >= 0.3 is 12.2 Å². The standard InChI is InChI=1S/C7H2F5IN2O3/c8-5(9)2-1-3(15(16)17)14-6(13)4(2)18-7(10,11)12/h1,5H. The first kappa shape index (κ1) is 14.8. The molecule has 18 heavy (non-hydrogen) atoms. The van der Waals surface area contributed by atoms with E-state index in [0.29, 0.717) is 0 Å². The van der Waals surface area contributed by atoms with E-state index in [4.69, 9.17) is 0 Å². The fourth-order valence-electron chi connectivity index (χ4n) is 0.980. The van der Waals surface area contributed by atoms with Gasteiger partial charge in [0.2, 0.25) is 0 Å². The Morgan fingerprint density at radius 2 is 2.00 bits per heavy atom. The van der Waals surface area contributed by atoms with Crippen LogP contribution >= 0.6 is 22.6 Å². The molecule has 0 bridgehead atoms. The zero-order chi connectivity index (χ0) is 14.1. The maximum absolute atomic E-state index is 12.5. The summed E-state index contributed by atoms with van der Waals surface area (Å²) < 4.78 is 63.7. The first-order chi connectivity index (χ1) is 8.11. The van der Waals surface area contributed by atoms with Crippen LogP contribution in [0.25, 0.3) is 0 Å². The van der Waals surface area contributed by atoms with Gasteiger partial charge in [0.25, 0.3) is 10.1 Å². The lowest BCUT2D eigenvalue weighted by Gasteiger charge is -2.12. The van der Waals surface area contributed by atoms with E-state index in [0.717, 1.165) is 22.6 Å². The Labute approximate surface area is 109 Å². The highest BCUT2D eigenvalue weighted by Gasteiger charge is 2.37. The monoisotopic (exact) mass is 384 g/mol. The van der Waals surface area contributed by atoms with Crippen molar-refractivity contribution in [1.82, 2.24) is 4.98 Å². The molecule has 0 spiro atoms. The number of rotatable bonds is 3. The van der Waals surface area contributed by atoms with E-state index in [9.17, 15) is 32.1 Å². The fourth-order valence-corrected chi connectivity index (χ4v) is 1.65. The van der Waals surface area contributed by atoms with E-state index in [2.05, 4.69) is 9.72 Å². The number of halogens is 6. The SMILES string of the molecule is O=[N+]([O-])c1cc(C(F)F)c(OC(F)(F)F)c(I)n1. The Hall–Kier alpha value is -1.27. The number of hydrogen-bond acceptors (Lipinski definition) is 4. The van der Waals surface area contributed by atoms with E-state index in [1.807, 2.05) is 0 Å². The van der Waals surface area contributed by atoms with Crippen molar-refractivity contribution in [2.45, 2.75) is 12.8 Å². The lowest BCUT2D eigenvalue weighted by Crippen LogP contribution is -2.19. The van der Waals surface area contributed by atoms with E-state index in [1.54, 1.807) is 0 Å². The highest BCUT2D eigenvalue weighted by Crippen LogP contribution is 2.37. The van der Waals surface area contributed by atoms with Crippen LogP contribution in [-0.4, -0.2) is 16.3 Å². The molecule has 1 heterocycles. The lowest BCUT2D eigenvalue weighted by atomic mass is 10.2. The van der Waals surface area contributed by atoms with Crippen molar-refractivity contribution in [3.8, 4) is 5.75 Å². The van der Waals surface area contributed by atoms with Crippen molar-refractivity contribution in [2.75, 3.05) is 0 Å². The highest BCUT2D eigenvalue weighted by atomic mass is 127. The quantitative estimate of drug-likeness (QED) is 0.263. The summed E-state index contributed by atoms with van der Waals surface area (Å²) in [6.07, 6.45) is -8.56. The van der Waals surface area contributed by atoms with Crippen LogP contribution in [0.5, 0.6) is 5.75 Å². The predicted molar refractivity (Wildman–Crippen MR) is 55.2 cm³/mol. The second-order valence-electron chi connectivity index (χ2n) is 2.80. The molecule has 1 aromatic rings. The summed E-state index contributed by atoms with van der Waals surface area (Å²) in [5, 5.41) is 10.4. The van der Waals surface area contributed by atoms with Gasteiger partial charge in [-0.15, -0.1) is 13.2 Å². The molecular weight excluding hydrogens is 382 g/mol. The Morgan fingerprint density at radius 3 is 2.39 bits per heavy atom. The van der Waals surface area contributed by atoms with E-state index >= 15 is 0 Å². The maximum Gasteiger partial charge on any atom is 0.573 e. The second-order valence-corrected chi connectivity index (χ2v) is 3.82. The molecule has 0 atom stereocenters. The Morgan fingerprint density at radius 1 is 1.44 bits per heavy atom. The number of aromatic nitrogens is 1. The summed E-state index contributed by atoms with van der Waals surface area (Å²) in [5.74, 6) is -2.21. The van der Waals surface area contributed by atoms with Gasteiger partial charge in [0.15, 0.2) is 5.75 Å². The van der Waals surface area contributed by atoms with Crippen LogP contribution in [0.4, 0.5) is 27.8 Å². The average Bonchev–Trinajstić information content (AvgIpc) is 2.18. The minimum Gasteiger partial charge on any atom is -0.400 e. The smallest absolute Gasteiger partial charge is 0.400 e. The maximum atomic E-state index is 12.5. The van der Waals surface area contributed by atoms with Crippen LogP contribution in [0, 0.1) is 13.8 Å². The largest absolute Gasteiger partial charge is 0.573 e. The fraction of sp³-hybridized carbons (Fsp3) is 0.286. The molecular formula is C7H2F5IN2O3. The van der Waals surface area contributed by atoms with Crippen molar-refractivity contribution in [2.24, 2.45) is 0 Å². The molecule has 0 amide bonds. The van der Waals surface area contributed by atoms with Crippen LogP contribution in [0.3, 0.4) is 0 Å². The van der Waals surface area contributed by atoms with E-state index in [-0.39, 0.29) is 6.07 Å². The third-order valence-corrected chi connectivity index (χ3v) is 2.32. The third kappa shape index (κ3) is 3.61. The molecule has 0 aliphatic heterocycles. The van der Waals surface area contributed by atoms with Gasteiger partial charge in [0.1, 0.15) is 0 Å². The first-order valence-corrected chi connectivity index (χ1v) is 5.08. The topological polar surface area (TPSA) is 65.3 Å². The Kier molecular flexibility index (Phi) is 4.24. The summed E-state index contributed by atoms with van der Waals surface area (Å²) in [6, 6.07) is 0.244. The normalized spacial score (nSPS) is 11.7. The van der Waals surface area contributed by atoms with Crippen LogP contribution in [0.15, 0.2) is 6.07 Å². The minimum absolute atomic E-state index is 0.244. The van der Waals surface area contributed by atoms with E-state index in [1.165, 1.54) is 0 Å². The first-order valence-electron chi connectivity index (χ1n) is 4.00. The Bertz CT molecular complexity index is 479. The molecule has 1 aromatic heterocycles. The van der Waals surface area contributed by atoms with Gasteiger partial charge in [-0.05, 0) is 9.91 Å². The molecule has 0 radical (unpaired) electrons. The van der Waals surface area contributed by atoms with Crippen molar-refractivity contribution in [3.05, 3.63) is 25.4 Å². The minimum atomic E-state index is -5.19. The zero-order valence-corrected chi connectivity index (χ0v) is 10.2. The van der Waals surface area contributed by atoms with E-state index < -0.39 is 38.5 Å². The van der Waals surface area contributed by atoms with Crippen LogP contribution < -0.4 is 4.74 Å². The molecule has 0 aliphatic rings. The molecule has 0 aliphatic carbocycles. The van der Waals surface area contributed by atoms with Gasteiger partial charge in [0, 0.05) is 28.7 Å². The van der Waals surface area contributed by atoms with Gasteiger partial charge < -0.3 is 14.9 Å². The number of alkyl halides is 5. The molecule has 0 saturated carbocycles. The second kappa shape index (κ2) is 5.16. The number of hydrogen-bond donors (Lipinski definition) is 0. The van der Waals surface area contributed by atoms with Crippen molar-refractivity contribution in [3.63, 3.8) is 0 Å². The molecule has 0 fully saturated rings. The molecule has 100 valence electrons. The molecule has 11 heteroatoms. The van der Waals surface area contributed by atoms with Crippen LogP contribution in [0.2, 0.25) is 0 Å². The van der Waals surface area contributed by atoms with Gasteiger partial charge in [-0.1, -0.05) is 0 Å². The van der Waals surface area contributed by atoms with Crippen molar-refractivity contribution in [1.29, 1.82) is 0 Å². The molecule has 0 N–H and O–H groups in total. The summed E-state index contributed by atoms with van der Waals surface area (Å²) in [5.41, 5.74) is -1.24. The van der Waals surface area contributed by atoms with Gasteiger partial charge in [-0.25, -0.2) is 8.78 Å². The van der Waals surface area contributed by atoms with Crippen LogP contribution in [-0.2, 0) is 0 Å². The summed E-state index contributed by atoms with van der Waals surface area (Å²) in [4.78, 5) is 12.4. The summed E-state index contributed by atoms with van der Waals surface area (Å²) in [6.45, 7) is 0. The molecule has 1 rings (SSSR count). The number of nitrogens with zero attached hydrogens (tertiary/aromatic N) is 2. The van der Waals surface area contributed by atoms with Crippen molar-refractivity contribution < 1.29 is 31.6 Å². The lowest BCUT2D eigenvalue weighted by molar-refractivity contribution is -0.389. The molecule has 0 unspecified atom stereocenters. The Balaban J connectivity index is 3.36. The van der Waals surface area contributed by atoms with Crippen molar-refractivity contribution >= 4 is 28.4 Å². The molecule has 0 saturated heterocycles.